The van der Waals surface area contributed by atoms with E-state index in [1.54, 1.807) is 13.8 Å². The Hall–Kier alpha value is -0.630. The summed E-state index contributed by atoms with van der Waals surface area (Å²) in [5.41, 5.74) is 0.490. The van der Waals surface area contributed by atoms with Crippen LogP contribution in [0.25, 0.3) is 0 Å². The van der Waals surface area contributed by atoms with E-state index in [4.69, 9.17) is 4.74 Å². The molecule has 0 aliphatic heterocycles. The molecule has 0 aromatic carbocycles. The second-order valence-electron chi connectivity index (χ2n) is 3.15. The van der Waals surface area contributed by atoms with E-state index in [1.807, 2.05) is 19.9 Å². The van der Waals surface area contributed by atoms with Gasteiger partial charge in [0.05, 0.1) is 6.61 Å². The fourth-order valence-electron chi connectivity index (χ4n) is 0.417. The average molecular weight is 156 g/mol. The molecule has 64 valence electrons. The van der Waals surface area contributed by atoms with Crippen LogP contribution < -0.4 is 0 Å². The number of rotatable bonds is 4. The van der Waals surface area contributed by atoms with Crippen molar-refractivity contribution >= 4 is 6.29 Å². The van der Waals surface area contributed by atoms with E-state index < -0.39 is 5.60 Å². The summed E-state index contributed by atoms with van der Waals surface area (Å²) >= 11 is 0. The smallest absolute Gasteiger partial charge is 0.151 e. The van der Waals surface area contributed by atoms with E-state index in [0.717, 1.165) is 11.9 Å². The Balaban J connectivity index is 3.79. The molecule has 0 N–H and O–H groups in total. The fraction of sp³-hybridized carbons (Fsp3) is 0.667. The van der Waals surface area contributed by atoms with E-state index in [1.165, 1.54) is 0 Å². The first kappa shape index (κ1) is 10.4. The van der Waals surface area contributed by atoms with Crippen LogP contribution in [0.4, 0.5) is 0 Å². The van der Waals surface area contributed by atoms with Gasteiger partial charge in [0.25, 0.3) is 0 Å². The van der Waals surface area contributed by atoms with Gasteiger partial charge in [0, 0.05) is 0 Å². The molecule has 0 heterocycles. The first-order valence-electron chi connectivity index (χ1n) is 3.74. The number of hydrogen-bond acceptors (Lipinski definition) is 2. The summed E-state index contributed by atoms with van der Waals surface area (Å²) in [4.78, 5) is 10.4. The first-order chi connectivity index (χ1) is 5.02. The normalized spacial score (nSPS) is 13.3. The molecular weight excluding hydrogens is 140 g/mol. The monoisotopic (exact) mass is 156 g/mol. The highest BCUT2D eigenvalue weighted by Crippen LogP contribution is 2.06. The van der Waals surface area contributed by atoms with Gasteiger partial charge in [-0.1, -0.05) is 11.6 Å². The highest BCUT2D eigenvalue weighted by molar-refractivity contribution is 5.60. The molecule has 0 aliphatic carbocycles. The Morgan fingerprint density at radius 3 is 2.45 bits per heavy atom. The third-order valence-corrected chi connectivity index (χ3v) is 1.45. The maximum atomic E-state index is 10.4. The highest BCUT2D eigenvalue weighted by atomic mass is 16.5. The zero-order valence-electron chi connectivity index (χ0n) is 7.68. The van der Waals surface area contributed by atoms with Gasteiger partial charge >= 0.3 is 0 Å². The lowest BCUT2D eigenvalue weighted by molar-refractivity contribution is -0.125. The van der Waals surface area contributed by atoms with Crippen molar-refractivity contribution < 1.29 is 9.53 Å². The van der Waals surface area contributed by atoms with Gasteiger partial charge in [-0.15, -0.1) is 0 Å². The lowest BCUT2D eigenvalue weighted by atomic mass is 10.2. The number of aldehydes is 1. The molecule has 0 radical (unpaired) electrons. The van der Waals surface area contributed by atoms with E-state index in [0.29, 0.717) is 6.61 Å². The second kappa shape index (κ2) is 4.29. The van der Waals surface area contributed by atoms with Gasteiger partial charge < -0.3 is 9.53 Å². The standard InChI is InChI=1S/C9H16O2/c1-5-8(2)6-11-9(3,4)7-10/h5,7H,6H2,1-4H3/b8-5-. The van der Waals surface area contributed by atoms with E-state index in [2.05, 4.69) is 0 Å². The quantitative estimate of drug-likeness (QED) is 0.459. The molecule has 0 aromatic rings. The number of carbonyl (C=O) groups excluding carboxylic acids is 1. The molecule has 0 saturated heterocycles. The van der Waals surface area contributed by atoms with Crippen LogP contribution in [0.15, 0.2) is 11.6 Å². The minimum atomic E-state index is -0.649. The third kappa shape index (κ3) is 4.73. The largest absolute Gasteiger partial charge is 0.364 e. The van der Waals surface area contributed by atoms with Gasteiger partial charge in [-0.05, 0) is 27.7 Å². The Morgan fingerprint density at radius 1 is 1.55 bits per heavy atom. The van der Waals surface area contributed by atoms with E-state index in [9.17, 15) is 4.79 Å². The van der Waals surface area contributed by atoms with Crippen LogP contribution in [0.5, 0.6) is 0 Å². The molecule has 2 heteroatoms. The molecule has 0 spiro atoms. The predicted molar refractivity (Wildman–Crippen MR) is 45.5 cm³/mol. The van der Waals surface area contributed by atoms with E-state index >= 15 is 0 Å². The van der Waals surface area contributed by atoms with Crippen LogP contribution in [0.2, 0.25) is 0 Å². The summed E-state index contributed by atoms with van der Waals surface area (Å²) in [6, 6.07) is 0. The number of carbonyl (C=O) groups is 1. The molecule has 2 nitrogen and oxygen atoms in total. The van der Waals surface area contributed by atoms with Crippen LogP contribution in [-0.4, -0.2) is 18.5 Å². The average Bonchev–Trinajstić information content (AvgIpc) is 2.00. The van der Waals surface area contributed by atoms with Crippen LogP contribution in [-0.2, 0) is 9.53 Å². The van der Waals surface area contributed by atoms with Gasteiger partial charge in [0.1, 0.15) is 5.60 Å². The van der Waals surface area contributed by atoms with Crippen molar-refractivity contribution in [2.75, 3.05) is 6.61 Å². The highest BCUT2D eigenvalue weighted by Gasteiger charge is 2.15. The fourth-order valence-corrected chi connectivity index (χ4v) is 0.417. The third-order valence-electron chi connectivity index (χ3n) is 1.45. The zero-order chi connectivity index (χ0) is 8.91. The molecule has 0 saturated carbocycles. The van der Waals surface area contributed by atoms with Crippen molar-refractivity contribution in [3.63, 3.8) is 0 Å². The predicted octanol–water partition coefficient (Wildman–Crippen LogP) is 1.95. The summed E-state index contributed by atoms with van der Waals surface area (Å²) in [5, 5.41) is 0. The Kier molecular flexibility index (Phi) is 4.04. The van der Waals surface area contributed by atoms with Crippen LogP contribution in [0.3, 0.4) is 0 Å². The maximum absolute atomic E-state index is 10.4. The van der Waals surface area contributed by atoms with Crippen molar-refractivity contribution in [1.29, 1.82) is 0 Å². The molecular formula is C9H16O2. The molecule has 0 aromatic heterocycles. The number of ether oxygens (including phenoxy) is 1. The summed E-state index contributed by atoms with van der Waals surface area (Å²) in [5.74, 6) is 0. The molecule has 0 aliphatic rings. The van der Waals surface area contributed by atoms with Crippen LogP contribution in [0.1, 0.15) is 27.7 Å². The Morgan fingerprint density at radius 2 is 2.09 bits per heavy atom. The zero-order valence-corrected chi connectivity index (χ0v) is 7.68. The summed E-state index contributed by atoms with van der Waals surface area (Å²) in [7, 11) is 0. The van der Waals surface area contributed by atoms with Gasteiger partial charge in [-0.2, -0.15) is 0 Å². The van der Waals surface area contributed by atoms with Gasteiger partial charge in [-0.25, -0.2) is 0 Å². The maximum Gasteiger partial charge on any atom is 0.151 e. The Bertz CT molecular complexity index is 157. The van der Waals surface area contributed by atoms with Crippen molar-refractivity contribution in [1.82, 2.24) is 0 Å². The number of allylic oxidation sites excluding steroid dienone is 1. The van der Waals surface area contributed by atoms with Crippen molar-refractivity contribution in [3.8, 4) is 0 Å². The molecule has 0 atom stereocenters. The van der Waals surface area contributed by atoms with Gasteiger partial charge in [0.15, 0.2) is 6.29 Å². The molecule has 0 rings (SSSR count). The second-order valence-corrected chi connectivity index (χ2v) is 3.15. The Labute approximate surface area is 68.2 Å². The minimum absolute atomic E-state index is 0.530. The van der Waals surface area contributed by atoms with Crippen molar-refractivity contribution in [2.24, 2.45) is 0 Å². The molecule has 11 heavy (non-hydrogen) atoms. The summed E-state index contributed by atoms with van der Waals surface area (Å²) in [6.45, 7) is 7.96. The van der Waals surface area contributed by atoms with Crippen molar-refractivity contribution in [3.05, 3.63) is 11.6 Å². The van der Waals surface area contributed by atoms with Crippen LogP contribution >= 0.6 is 0 Å². The molecule has 0 bridgehead atoms. The van der Waals surface area contributed by atoms with Crippen LogP contribution in [0, 0.1) is 0 Å². The van der Waals surface area contributed by atoms with Gasteiger partial charge in [-0.3, -0.25) is 0 Å². The van der Waals surface area contributed by atoms with Gasteiger partial charge in [0.2, 0.25) is 0 Å². The topological polar surface area (TPSA) is 26.3 Å². The first-order valence-corrected chi connectivity index (χ1v) is 3.74. The molecule has 0 unspecified atom stereocenters. The molecule has 0 amide bonds. The lowest BCUT2D eigenvalue weighted by Gasteiger charge is -2.17. The number of hydrogen-bond donors (Lipinski definition) is 0. The molecule has 0 fully saturated rings. The SMILES string of the molecule is C/C=C(/C)COC(C)(C)C=O. The summed E-state index contributed by atoms with van der Waals surface area (Å²) < 4.78 is 5.29. The lowest BCUT2D eigenvalue weighted by Crippen LogP contribution is -2.26. The minimum Gasteiger partial charge on any atom is -0.364 e. The summed E-state index contributed by atoms with van der Waals surface area (Å²) in [6.07, 6.45) is 2.79. The van der Waals surface area contributed by atoms with E-state index in [-0.39, 0.29) is 0 Å². The van der Waals surface area contributed by atoms with Crippen molar-refractivity contribution in [2.45, 2.75) is 33.3 Å².